The van der Waals surface area contributed by atoms with E-state index in [2.05, 4.69) is 76.0 Å². The van der Waals surface area contributed by atoms with Crippen molar-refractivity contribution in [2.24, 2.45) is 4.99 Å². The normalized spacial score (nSPS) is 17.1. The number of rotatable bonds is 7. The second-order valence-corrected chi connectivity index (χ2v) is 8.58. The molecular formula is C26H36IN5O. The molecule has 0 saturated carbocycles. The summed E-state index contributed by atoms with van der Waals surface area (Å²) < 4.78 is 0. The van der Waals surface area contributed by atoms with Crippen LogP contribution in [0.15, 0.2) is 59.6 Å². The predicted octanol–water partition coefficient (Wildman–Crippen LogP) is 3.58. The highest BCUT2D eigenvalue weighted by Gasteiger charge is 2.24. The summed E-state index contributed by atoms with van der Waals surface area (Å²) in [6.07, 6.45) is 3.43. The van der Waals surface area contributed by atoms with Crippen LogP contribution >= 0.6 is 24.0 Å². The molecule has 2 aliphatic heterocycles. The van der Waals surface area contributed by atoms with Crippen LogP contribution in [0, 0.1) is 0 Å². The number of nitrogens with one attached hydrogen (secondary N) is 2. The van der Waals surface area contributed by atoms with E-state index < -0.39 is 0 Å². The fraction of sp³-hybridized carbons (Fsp3) is 0.462. The van der Waals surface area contributed by atoms with Crippen molar-refractivity contribution < 1.29 is 4.79 Å². The second kappa shape index (κ2) is 12.9. The van der Waals surface area contributed by atoms with Crippen molar-refractivity contribution in [2.75, 3.05) is 39.3 Å². The molecule has 2 aliphatic rings. The minimum Gasteiger partial charge on any atom is -0.357 e. The van der Waals surface area contributed by atoms with Crippen molar-refractivity contribution in [1.82, 2.24) is 20.4 Å². The van der Waals surface area contributed by atoms with Crippen LogP contribution in [-0.2, 0) is 17.8 Å². The maximum Gasteiger partial charge on any atom is 0.244 e. The molecule has 0 radical (unpaired) electrons. The molecule has 0 spiro atoms. The molecule has 0 aromatic heterocycles. The number of nitrogens with zero attached hydrogens (tertiary/aromatic N) is 3. The van der Waals surface area contributed by atoms with Gasteiger partial charge in [0.2, 0.25) is 5.91 Å². The number of guanidine groups is 1. The Labute approximate surface area is 214 Å². The maximum absolute atomic E-state index is 12.8. The van der Waals surface area contributed by atoms with Gasteiger partial charge in [-0.3, -0.25) is 9.69 Å². The standard InChI is InChI=1S/C26H35N5O.HI/c1-2-27-26(28-18-24(30-15-8-9-16-30)22-11-4-3-5-12-22)29-19-25(32)31-17-14-21-10-6-7-13-23(21)20-31;/h3-7,10-13,24H,2,8-9,14-20H2,1H3,(H2,27,28,29);1H. The smallest absolute Gasteiger partial charge is 0.244 e. The number of hydrogen-bond donors (Lipinski definition) is 2. The molecule has 1 atom stereocenters. The Hall–Kier alpha value is -2.13. The monoisotopic (exact) mass is 561 g/mol. The lowest BCUT2D eigenvalue weighted by Gasteiger charge is -2.29. The number of fused-ring (bicyclic) bond motifs is 1. The number of amides is 1. The van der Waals surface area contributed by atoms with Crippen LogP contribution in [0.2, 0.25) is 0 Å². The molecule has 1 unspecified atom stereocenters. The van der Waals surface area contributed by atoms with E-state index in [4.69, 9.17) is 0 Å². The summed E-state index contributed by atoms with van der Waals surface area (Å²) in [5.74, 6) is 0.786. The van der Waals surface area contributed by atoms with Gasteiger partial charge in [-0.05, 0) is 56.0 Å². The third kappa shape index (κ3) is 6.93. The van der Waals surface area contributed by atoms with E-state index in [-0.39, 0.29) is 36.4 Å². The number of likely N-dealkylation sites (tertiary alicyclic amines) is 1. The third-order valence-corrected chi connectivity index (χ3v) is 6.43. The molecule has 33 heavy (non-hydrogen) atoms. The fourth-order valence-electron chi connectivity index (χ4n) is 4.68. The van der Waals surface area contributed by atoms with Crippen molar-refractivity contribution in [3.63, 3.8) is 0 Å². The van der Waals surface area contributed by atoms with Gasteiger partial charge in [-0.2, -0.15) is 0 Å². The summed E-state index contributed by atoms with van der Waals surface area (Å²) in [5, 5.41) is 6.80. The molecule has 2 N–H and O–H groups in total. The lowest BCUT2D eigenvalue weighted by molar-refractivity contribution is -0.130. The molecule has 4 rings (SSSR count). The Morgan fingerprint density at radius 1 is 0.970 bits per heavy atom. The first kappa shape index (κ1) is 25.5. The Morgan fingerprint density at radius 3 is 2.39 bits per heavy atom. The zero-order valence-electron chi connectivity index (χ0n) is 19.5. The molecule has 2 aromatic carbocycles. The van der Waals surface area contributed by atoms with E-state index in [0.717, 1.165) is 39.1 Å². The molecular weight excluding hydrogens is 525 g/mol. The minimum absolute atomic E-state index is 0. The molecule has 2 aromatic rings. The lowest BCUT2D eigenvalue weighted by atomic mass is 10.00. The van der Waals surface area contributed by atoms with Gasteiger partial charge in [0.15, 0.2) is 5.96 Å². The van der Waals surface area contributed by atoms with Crippen LogP contribution in [0.1, 0.15) is 42.5 Å². The Balaban J connectivity index is 0.00000306. The van der Waals surface area contributed by atoms with Crippen LogP contribution in [0.3, 0.4) is 0 Å². The second-order valence-electron chi connectivity index (χ2n) is 8.58. The molecule has 178 valence electrons. The largest absolute Gasteiger partial charge is 0.357 e. The minimum atomic E-state index is 0. The maximum atomic E-state index is 12.8. The number of carbonyl (C=O) groups excluding carboxylic acids is 1. The molecule has 1 amide bonds. The molecule has 1 fully saturated rings. The molecule has 0 bridgehead atoms. The van der Waals surface area contributed by atoms with Gasteiger partial charge in [0, 0.05) is 26.2 Å². The first-order valence-corrected chi connectivity index (χ1v) is 11.9. The van der Waals surface area contributed by atoms with Crippen LogP contribution in [-0.4, -0.2) is 60.9 Å². The SMILES string of the molecule is CCNC(=NCC(=O)N1CCc2ccccc2C1)NCC(c1ccccc1)N1CCCC1.I. The van der Waals surface area contributed by atoms with Gasteiger partial charge in [-0.25, -0.2) is 4.99 Å². The van der Waals surface area contributed by atoms with Crippen molar-refractivity contribution in [3.05, 3.63) is 71.3 Å². The Bertz CT molecular complexity index is 914. The van der Waals surface area contributed by atoms with Crippen LogP contribution in [0.4, 0.5) is 0 Å². The number of hydrogen-bond acceptors (Lipinski definition) is 3. The summed E-state index contributed by atoms with van der Waals surface area (Å²) in [5.41, 5.74) is 3.92. The van der Waals surface area contributed by atoms with Crippen molar-refractivity contribution in [3.8, 4) is 0 Å². The molecule has 0 aliphatic carbocycles. The van der Waals surface area contributed by atoms with E-state index in [1.165, 1.54) is 29.5 Å². The number of aliphatic imine (C=N–C) groups is 1. The molecule has 2 heterocycles. The predicted molar refractivity (Wildman–Crippen MR) is 145 cm³/mol. The lowest BCUT2D eigenvalue weighted by Crippen LogP contribution is -2.43. The van der Waals surface area contributed by atoms with Gasteiger partial charge in [0.1, 0.15) is 6.54 Å². The summed E-state index contributed by atoms with van der Waals surface area (Å²) in [6, 6.07) is 19.4. The molecule has 6 nitrogen and oxygen atoms in total. The summed E-state index contributed by atoms with van der Waals surface area (Å²) in [4.78, 5) is 21.9. The van der Waals surface area contributed by atoms with Crippen molar-refractivity contribution in [2.45, 2.75) is 38.8 Å². The quantitative estimate of drug-likeness (QED) is 0.309. The first-order chi connectivity index (χ1) is 15.7. The zero-order valence-corrected chi connectivity index (χ0v) is 21.8. The summed E-state index contributed by atoms with van der Waals surface area (Å²) >= 11 is 0. The fourth-order valence-corrected chi connectivity index (χ4v) is 4.68. The highest BCUT2D eigenvalue weighted by molar-refractivity contribution is 14.0. The number of benzene rings is 2. The van der Waals surface area contributed by atoms with Crippen molar-refractivity contribution in [1.29, 1.82) is 0 Å². The average Bonchev–Trinajstić information content (AvgIpc) is 3.37. The van der Waals surface area contributed by atoms with Crippen LogP contribution in [0.5, 0.6) is 0 Å². The Kier molecular flexibility index (Phi) is 9.99. The van der Waals surface area contributed by atoms with Crippen molar-refractivity contribution >= 4 is 35.8 Å². The molecule has 7 heteroatoms. The zero-order chi connectivity index (χ0) is 22.2. The van der Waals surface area contributed by atoms with Gasteiger partial charge in [0.25, 0.3) is 0 Å². The van der Waals surface area contributed by atoms with Gasteiger partial charge < -0.3 is 15.5 Å². The summed E-state index contributed by atoms with van der Waals surface area (Å²) in [7, 11) is 0. The highest BCUT2D eigenvalue weighted by Crippen LogP contribution is 2.24. The first-order valence-electron chi connectivity index (χ1n) is 11.9. The van der Waals surface area contributed by atoms with Gasteiger partial charge in [-0.15, -0.1) is 24.0 Å². The Morgan fingerprint density at radius 2 is 1.67 bits per heavy atom. The van der Waals surface area contributed by atoms with E-state index >= 15 is 0 Å². The van der Waals surface area contributed by atoms with E-state index in [1.54, 1.807) is 0 Å². The topological polar surface area (TPSA) is 60.0 Å². The van der Waals surface area contributed by atoms with E-state index in [1.807, 2.05) is 11.0 Å². The number of halogens is 1. The average molecular weight is 562 g/mol. The van der Waals surface area contributed by atoms with Gasteiger partial charge in [0.05, 0.1) is 6.04 Å². The third-order valence-electron chi connectivity index (χ3n) is 6.43. The van der Waals surface area contributed by atoms with Gasteiger partial charge in [-0.1, -0.05) is 54.6 Å². The van der Waals surface area contributed by atoms with Gasteiger partial charge >= 0.3 is 0 Å². The van der Waals surface area contributed by atoms with E-state index in [9.17, 15) is 4.79 Å². The highest BCUT2D eigenvalue weighted by atomic mass is 127. The van der Waals surface area contributed by atoms with Crippen LogP contribution < -0.4 is 10.6 Å². The van der Waals surface area contributed by atoms with Crippen LogP contribution in [0.25, 0.3) is 0 Å². The summed E-state index contributed by atoms with van der Waals surface area (Å²) in [6.45, 7) is 7.44. The number of carbonyl (C=O) groups is 1. The van der Waals surface area contributed by atoms with E-state index in [0.29, 0.717) is 18.5 Å². The molecule has 1 saturated heterocycles.